The number of halogens is 1. The van der Waals surface area contributed by atoms with Gasteiger partial charge in [0.15, 0.2) is 0 Å². The van der Waals surface area contributed by atoms with E-state index in [9.17, 15) is 4.79 Å². The number of hydrogen-bond acceptors (Lipinski definition) is 4. The lowest BCUT2D eigenvalue weighted by Crippen LogP contribution is -2.22. The molecule has 0 aliphatic rings. The molecule has 1 amide bonds. The van der Waals surface area contributed by atoms with Crippen LogP contribution in [0.15, 0.2) is 34.2 Å². The van der Waals surface area contributed by atoms with Gasteiger partial charge in [0.1, 0.15) is 5.82 Å². The van der Waals surface area contributed by atoms with Crippen molar-refractivity contribution >= 4 is 39.0 Å². The Morgan fingerprint density at radius 1 is 1.42 bits per heavy atom. The summed E-state index contributed by atoms with van der Waals surface area (Å²) in [6.45, 7) is 3.30. The van der Waals surface area contributed by atoms with Crippen LogP contribution in [0.4, 0.5) is 5.82 Å². The second-order valence-electron chi connectivity index (χ2n) is 3.85. The van der Waals surface area contributed by atoms with Crippen LogP contribution in [0.1, 0.15) is 22.2 Å². The summed E-state index contributed by atoms with van der Waals surface area (Å²) in [7, 11) is 0. The van der Waals surface area contributed by atoms with Crippen molar-refractivity contribution in [2.45, 2.75) is 13.5 Å². The molecule has 0 saturated carbocycles. The highest BCUT2D eigenvalue weighted by atomic mass is 79.9. The van der Waals surface area contributed by atoms with Gasteiger partial charge < -0.3 is 10.6 Å². The molecule has 0 saturated heterocycles. The Morgan fingerprint density at radius 3 is 2.95 bits per heavy atom. The first-order valence-corrected chi connectivity index (χ1v) is 7.52. The molecule has 0 aromatic carbocycles. The van der Waals surface area contributed by atoms with Crippen LogP contribution in [0, 0.1) is 0 Å². The molecule has 19 heavy (non-hydrogen) atoms. The summed E-state index contributed by atoms with van der Waals surface area (Å²) < 4.78 is 1.06. The van der Waals surface area contributed by atoms with E-state index in [2.05, 4.69) is 31.5 Å². The minimum atomic E-state index is -0.0916. The minimum Gasteiger partial charge on any atom is -0.370 e. The van der Waals surface area contributed by atoms with Gasteiger partial charge in [-0.25, -0.2) is 4.98 Å². The van der Waals surface area contributed by atoms with Gasteiger partial charge in [-0.1, -0.05) is 0 Å². The molecular formula is C13H14BrN3OS. The monoisotopic (exact) mass is 339 g/mol. The molecule has 0 unspecified atom stereocenters. The Balaban J connectivity index is 1.97. The molecule has 0 aliphatic heterocycles. The molecule has 0 spiro atoms. The lowest BCUT2D eigenvalue weighted by molar-refractivity contribution is 0.0951. The van der Waals surface area contributed by atoms with E-state index in [1.54, 1.807) is 29.7 Å². The second-order valence-corrected chi connectivity index (χ2v) is 6.40. The largest absolute Gasteiger partial charge is 0.370 e. The first-order chi connectivity index (χ1) is 9.19. The highest BCUT2D eigenvalue weighted by Crippen LogP contribution is 2.21. The average Bonchev–Trinajstić information content (AvgIpc) is 2.82. The highest BCUT2D eigenvalue weighted by Gasteiger charge is 2.07. The predicted octanol–water partition coefficient (Wildman–Crippen LogP) is 3.27. The Kier molecular flexibility index (Phi) is 4.93. The predicted molar refractivity (Wildman–Crippen MR) is 81.6 cm³/mol. The van der Waals surface area contributed by atoms with Gasteiger partial charge in [0.2, 0.25) is 0 Å². The van der Waals surface area contributed by atoms with E-state index in [4.69, 9.17) is 0 Å². The normalized spacial score (nSPS) is 10.2. The van der Waals surface area contributed by atoms with E-state index in [-0.39, 0.29) is 5.91 Å². The van der Waals surface area contributed by atoms with Crippen molar-refractivity contribution in [2.75, 3.05) is 11.9 Å². The van der Waals surface area contributed by atoms with Crippen molar-refractivity contribution in [3.8, 4) is 0 Å². The van der Waals surface area contributed by atoms with E-state index >= 15 is 0 Å². The first kappa shape index (κ1) is 14.0. The van der Waals surface area contributed by atoms with Crippen LogP contribution in [-0.4, -0.2) is 17.4 Å². The molecule has 0 atom stereocenters. The van der Waals surface area contributed by atoms with Gasteiger partial charge in [-0.2, -0.15) is 0 Å². The summed E-state index contributed by atoms with van der Waals surface area (Å²) in [6, 6.07) is 7.43. The van der Waals surface area contributed by atoms with Crippen molar-refractivity contribution in [1.82, 2.24) is 10.3 Å². The molecule has 0 radical (unpaired) electrons. The molecule has 6 heteroatoms. The maximum absolute atomic E-state index is 12.0. The maximum Gasteiger partial charge on any atom is 0.251 e. The number of hydrogen-bond donors (Lipinski definition) is 2. The number of nitrogens with zero attached hydrogens (tertiary/aromatic N) is 1. The third-order valence-corrected chi connectivity index (χ3v) is 4.06. The van der Waals surface area contributed by atoms with E-state index in [1.165, 1.54) is 0 Å². The molecular weight excluding hydrogens is 326 g/mol. The van der Waals surface area contributed by atoms with Crippen LogP contribution in [-0.2, 0) is 6.54 Å². The van der Waals surface area contributed by atoms with E-state index in [0.717, 1.165) is 15.2 Å². The minimum absolute atomic E-state index is 0.0916. The molecule has 0 fully saturated rings. The molecule has 4 nitrogen and oxygen atoms in total. The van der Waals surface area contributed by atoms with Crippen LogP contribution < -0.4 is 10.6 Å². The summed E-state index contributed by atoms with van der Waals surface area (Å²) in [4.78, 5) is 17.3. The fraction of sp³-hybridized carbons (Fsp3) is 0.231. The molecule has 2 aromatic rings. The average molecular weight is 340 g/mol. The van der Waals surface area contributed by atoms with Gasteiger partial charge in [-0.3, -0.25) is 4.79 Å². The summed E-state index contributed by atoms with van der Waals surface area (Å²) in [5, 5.41) is 5.98. The Morgan fingerprint density at radius 2 is 2.26 bits per heavy atom. The number of carbonyl (C=O) groups is 1. The zero-order chi connectivity index (χ0) is 13.7. The third kappa shape index (κ3) is 4.04. The Bertz CT molecular complexity index is 571. The lowest BCUT2D eigenvalue weighted by atomic mass is 10.2. The zero-order valence-electron chi connectivity index (χ0n) is 10.4. The van der Waals surface area contributed by atoms with Crippen molar-refractivity contribution < 1.29 is 4.79 Å². The third-order valence-electron chi connectivity index (χ3n) is 2.43. The molecule has 2 aromatic heterocycles. The summed E-state index contributed by atoms with van der Waals surface area (Å²) in [5.41, 5.74) is 0.613. The van der Waals surface area contributed by atoms with Gasteiger partial charge in [0, 0.05) is 23.2 Å². The number of carbonyl (C=O) groups excluding carboxylic acids is 1. The van der Waals surface area contributed by atoms with Gasteiger partial charge in [-0.15, -0.1) is 11.3 Å². The van der Waals surface area contributed by atoms with Crippen LogP contribution in [0.25, 0.3) is 0 Å². The molecule has 2 N–H and O–H groups in total. The van der Waals surface area contributed by atoms with Gasteiger partial charge >= 0.3 is 0 Å². The van der Waals surface area contributed by atoms with E-state index < -0.39 is 0 Å². The van der Waals surface area contributed by atoms with Gasteiger partial charge in [0.05, 0.1) is 10.3 Å². The van der Waals surface area contributed by atoms with Crippen LogP contribution in [0.5, 0.6) is 0 Å². The van der Waals surface area contributed by atoms with E-state index in [1.807, 2.05) is 19.1 Å². The Hall–Kier alpha value is -1.40. The van der Waals surface area contributed by atoms with Crippen LogP contribution in [0.2, 0.25) is 0 Å². The molecule has 2 rings (SSSR count). The number of thiophene rings is 1. The topological polar surface area (TPSA) is 54.0 Å². The number of anilines is 1. The van der Waals surface area contributed by atoms with Crippen molar-refractivity contribution in [1.29, 1.82) is 0 Å². The first-order valence-electron chi connectivity index (χ1n) is 5.91. The number of rotatable bonds is 5. The van der Waals surface area contributed by atoms with Crippen molar-refractivity contribution in [3.63, 3.8) is 0 Å². The molecule has 0 bridgehead atoms. The smallest absolute Gasteiger partial charge is 0.251 e. The lowest BCUT2D eigenvalue weighted by Gasteiger charge is -2.06. The zero-order valence-corrected chi connectivity index (χ0v) is 12.8. The Labute approximate surface area is 124 Å². The highest BCUT2D eigenvalue weighted by molar-refractivity contribution is 9.11. The molecule has 100 valence electrons. The maximum atomic E-state index is 12.0. The van der Waals surface area contributed by atoms with Crippen molar-refractivity contribution in [3.05, 3.63) is 44.7 Å². The molecule has 0 aliphatic carbocycles. The number of amides is 1. The number of pyridine rings is 1. The van der Waals surface area contributed by atoms with Crippen LogP contribution in [0.3, 0.4) is 0 Å². The number of nitrogens with one attached hydrogen (secondary N) is 2. The number of aromatic nitrogens is 1. The van der Waals surface area contributed by atoms with Gasteiger partial charge in [0.25, 0.3) is 5.91 Å². The van der Waals surface area contributed by atoms with Gasteiger partial charge in [-0.05, 0) is 47.1 Å². The summed E-state index contributed by atoms with van der Waals surface area (Å²) in [5.74, 6) is 0.625. The van der Waals surface area contributed by atoms with Crippen molar-refractivity contribution in [2.24, 2.45) is 0 Å². The quantitative estimate of drug-likeness (QED) is 0.878. The fourth-order valence-electron chi connectivity index (χ4n) is 1.57. The molecule has 2 heterocycles. The fourth-order valence-corrected chi connectivity index (χ4v) is 2.99. The van der Waals surface area contributed by atoms with Crippen LogP contribution >= 0.6 is 27.3 Å². The SMILES string of the molecule is CCNc1cc(C(=O)NCc2ccc(Br)s2)ccn1. The summed E-state index contributed by atoms with van der Waals surface area (Å²) >= 11 is 5.01. The summed E-state index contributed by atoms with van der Waals surface area (Å²) in [6.07, 6.45) is 1.63. The second kappa shape index (κ2) is 6.68. The standard InChI is InChI=1S/C13H14BrN3OS/c1-2-15-12-7-9(5-6-16-12)13(18)17-8-10-3-4-11(14)19-10/h3-7H,2,8H2,1H3,(H,15,16)(H,17,18). The van der Waals surface area contributed by atoms with E-state index in [0.29, 0.717) is 17.9 Å².